The van der Waals surface area contributed by atoms with Gasteiger partial charge >= 0.3 is 0 Å². The Balaban J connectivity index is 1.46. The lowest BCUT2D eigenvalue weighted by molar-refractivity contribution is -0.139. The summed E-state index contributed by atoms with van der Waals surface area (Å²) in [5.41, 5.74) is 0.898. The first kappa shape index (κ1) is 18.5. The van der Waals surface area contributed by atoms with E-state index in [1.54, 1.807) is 18.4 Å². The molecule has 2 aromatic rings. The number of piperazine rings is 1. The summed E-state index contributed by atoms with van der Waals surface area (Å²) in [7, 11) is 1.61. The number of benzene rings is 1. The van der Waals surface area contributed by atoms with Crippen molar-refractivity contribution in [2.24, 2.45) is 0 Å². The van der Waals surface area contributed by atoms with Gasteiger partial charge in [-0.1, -0.05) is 24.3 Å². The molecule has 0 radical (unpaired) electrons. The molecule has 0 atom stereocenters. The van der Waals surface area contributed by atoms with E-state index in [-0.39, 0.29) is 11.8 Å². The second-order valence-electron chi connectivity index (χ2n) is 6.33. The second-order valence-corrected chi connectivity index (χ2v) is 7.36. The van der Waals surface area contributed by atoms with Crippen LogP contribution < -0.4 is 4.74 Å². The molecule has 2 heterocycles. The van der Waals surface area contributed by atoms with Crippen molar-refractivity contribution in [3.63, 3.8) is 0 Å². The van der Waals surface area contributed by atoms with Gasteiger partial charge in [0.2, 0.25) is 11.8 Å². The summed E-state index contributed by atoms with van der Waals surface area (Å²) in [4.78, 5) is 29.9. The maximum atomic E-state index is 12.6. The van der Waals surface area contributed by atoms with Gasteiger partial charge in [0.1, 0.15) is 5.75 Å². The fraction of sp³-hybridized carbons (Fsp3) is 0.400. The average molecular weight is 372 g/mol. The molecule has 1 fully saturated rings. The van der Waals surface area contributed by atoms with Gasteiger partial charge in [-0.25, -0.2) is 0 Å². The molecule has 1 aliphatic heterocycles. The van der Waals surface area contributed by atoms with Crippen molar-refractivity contribution in [1.29, 1.82) is 0 Å². The summed E-state index contributed by atoms with van der Waals surface area (Å²) < 4.78 is 5.32. The summed E-state index contributed by atoms with van der Waals surface area (Å²) >= 11 is 1.69. The van der Waals surface area contributed by atoms with E-state index in [1.165, 1.54) is 4.88 Å². The Bertz CT molecular complexity index is 737. The number of carbonyl (C=O) groups is 2. The van der Waals surface area contributed by atoms with Gasteiger partial charge in [-0.3, -0.25) is 9.59 Å². The molecular weight excluding hydrogens is 348 g/mol. The van der Waals surface area contributed by atoms with E-state index in [2.05, 4.69) is 6.07 Å². The predicted octanol–water partition coefficient (Wildman–Crippen LogP) is 2.60. The van der Waals surface area contributed by atoms with E-state index in [0.29, 0.717) is 39.0 Å². The van der Waals surface area contributed by atoms with Gasteiger partial charge in [-0.05, 0) is 23.9 Å². The SMILES string of the molecule is COc1ccccc1CC(=O)N1CCN(C(=O)CCc2cccs2)CC1. The van der Waals surface area contributed by atoms with Crippen molar-refractivity contribution in [2.45, 2.75) is 19.3 Å². The van der Waals surface area contributed by atoms with Crippen LogP contribution in [0.3, 0.4) is 0 Å². The van der Waals surface area contributed by atoms with Gasteiger partial charge in [0.15, 0.2) is 0 Å². The summed E-state index contributed by atoms with van der Waals surface area (Å²) in [6, 6.07) is 11.7. The van der Waals surface area contributed by atoms with Crippen LogP contribution in [0.15, 0.2) is 41.8 Å². The number of hydrogen-bond donors (Lipinski definition) is 0. The first-order valence-corrected chi connectivity index (χ1v) is 9.75. The highest BCUT2D eigenvalue weighted by molar-refractivity contribution is 7.09. The molecule has 1 aromatic carbocycles. The van der Waals surface area contributed by atoms with Crippen molar-refractivity contribution in [3.05, 3.63) is 52.2 Å². The smallest absolute Gasteiger partial charge is 0.227 e. The van der Waals surface area contributed by atoms with Crippen LogP contribution in [0.1, 0.15) is 16.9 Å². The molecule has 0 spiro atoms. The number of aryl methyl sites for hydroxylation is 1. The second kappa shape index (κ2) is 8.85. The van der Waals surface area contributed by atoms with Gasteiger partial charge in [0.05, 0.1) is 13.5 Å². The molecule has 0 N–H and O–H groups in total. The highest BCUT2D eigenvalue weighted by Crippen LogP contribution is 2.19. The molecule has 3 rings (SSSR count). The van der Waals surface area contributed by atoms with Gasteiger partial charge in [0.25, 0.3) is 0 Å². The summed E-state index contributed by atoms with van der Waals surface area (Å²) in [5.74, 6) is 0.999. The molecule has 2 amide bonds. The van der Waals surface area contributed by atoms with E-state index >= 15 is 0 Å². The van der Waals surface area contributed by atoms with E-state index in [9.17, 15) is 9.59 Å². The van der Waals surface area contributed by atoms with Crippen LogP contribution in [0.2, 0.25) is 0 Å². The number of para-hydroxylation sites is 1. The molecule has 5 nitrogen and oxygen atoms in total. The first-order chi connectivity index (χ1) is 12.7. The highest BCUT2D eigenvalue weighted by Gasteiger charge is 2.24. The number of amides is 2. The molecule has 1 aliphatic rings. The molecular formula is C20H24N2O3S. The monoisotopic (exact) mass is 372 g/mol. The largest absolute Gasteiger partial charge is 0.496 e. The Hall–Kier alpha value is -2.34. The Morgan fingerprint density at radius 1 is 1.00 bits per heavy atom. The third-order valence-electron chi connectivity index (χ3n) is 4.68. The van der Waals surface area contributed by atoms with Crippen molar-refractivity contribution in [1.82, 2.24) is 9.80 Å². The standard InChI is InChI=1S/C20H24N2O3S/c1-25-18-7-3-2-5-16(18)15-20(24)22-12-10-21(11-13-22)19(23)9-8-17-6-4-14-26-17/h2-7,14H,8-13,15H2,1H3. The number of methoxy groups -OCH3 is 1. The van der Waals surface area contributed by atoms with Crippen LogP contribution in [0, 0.1) is 0 Å². The predicted molar refractivity (Wildman–Crippen MR) is 102 cm³/mol. The molecule has 6 heteroatoms. The van der Waals surface area contributed by atoms with E-state index in [1.807, 2.05) is 45.5 Å². The summed E-state index contributed by atoms with van der Waals surface area (Å²) in [6.45, 7) is 2.42. The molecule has 0 unspecified atom stereocenters. The number of ether oxygens (including phenoxy) is 1. The highest BCUT2D eigenvalue weighted by atomic mass is 32.1. The minimum Gasteiger partial charge on any atom is -0.496 e. The van der Waals surface area contributed by atoms with E-state index in [0.717, 1.165) is 17.7 Å². The fourth-order valence-corrected chi connectivity index (χ4v) is 3.88. The Kier molecular flexibility index (Phi) is 6.28. The maximum Gasteiger partial charge on any atom is 0.227 e. The number of thiophene rings is 1. The third-order valence-corrected chi connectivity index (χ3v) is 5.62. The molecule has 26 heavy (non-hydrogen) atoms. The first-order valence-electron chi connectivity index (χ1n) is 8.87. The normalized spacial score (nSPS) is 14.3. The van der Waals surface area contributed by atoms with Crippen LogP contribution in [0.5, 0.6) is 5.75 Å². The van der Waals surface area contributed by atoms with Crippen LogP contribution >= 0.6 is 11.3 Å². The third kappa shape index (κ3) is 4.64. The lowest BCUT2D eigenvalue weighted by atomic mass is 10.1. The average Bonchev–Trinajstić information content (AvgIpc) is 3.20. The Labute approximate surface area is 158 Å². The van der Waals surface area contributed by atoms with Gasteiger partial charge in [-0.2, -0.15) is 0 Å². The minimum absolute atomic E-state index is 0.0835. The maximum absolute atomic E-state index is 12.6. The summed E-state index contributed by atoms with van der Waals surface area (Å²) in [6.07, 6.45) is 1.66. The Morgan fingerprint density at radius 3 is 2.35 bits per heavy atom. The van der Waals surface area contributed by atoms with Gasteiger partial charge in [-0.15, -0.1) is 11.3 Å². The van der Waals surface area contributed by atoms with E-state index in [4.69, 9.17) is 4.74 Å². The number of carbonyl (C=O) groups excluding carboxylic acids is 2. The molecule has 0 bridgehead atoms. The molecule has 138 valence electrons. The molecule has 1 aromatic heterocycles. The molecule has 0 aliphatic carbocycles. The zero-order valence-corrected chi connectivity index (χ0v) is 15.8. The molecule has 1 saturated heterocycles. The van der Waals surface area contributed by atoms with Crippen LogP contribution in [0.25, 0.3) is 0 Å². The number of hydrogen-bond acceptors (Lipinski definition) is 4. The molecule has 0 saturated carbocycles. The van der Waals surface area contributed by atoms with Crippen molar-refractivity contribution >= 4 is 23.2 Å². The number of rotatable bonds is 6. The van der Waals surface area contributed by atoms with E-state index < -0.39 is 0 Å². The van der Waals surface area contributed by atoms with Gasteiger partial charge in [0, 0.05) is 43.0 Å². The van der Waals surface area contributed by atoms with Crippen molar-refractivity contribution in [2.75, 3.05) is 33.3 Å². The van der Waals surface area contributed by atoms with Crippen LogP contribution in [0.4, 0.5) is 0 Å². The minimum atomic E-state index is 0.0835. The van der Waals surface area contributed by atoms with Crippen molar-refractivity contribution < 1.29 is 14.3 Å². The zero-order chi connectivity index (χ0) is 18.4. The lowest BCUT2D eigenvalue weighted by Crippen LogP contribution is -2.51. The topological polar surface area (TPSA) is 49.9 Å². The van der Waals surface area contributed by atoms with Crippen molar-refractivity contribution in [3.8, 4) is 5.75 Å². The van der Waals surface area contributed by atoms with Crippen LogP contribution in [-0.2, 0) is 22.4 Å². The fourth-order valence-electron chi connectivity index (χ4n) is 3.17. The lowest BCUT2D eigenvalue weighted by Gasteiger charge is -2.35. The summed E-state index contributed by atoms with van der Waals surface area (Å²) in [5, 5.41) is 2.03. The number of nitrogens with zero attached hydrogens (tertiary/aromatic N) is 2. The Morgan fingerprint density at radius 2 is 1.69 bits per heavy atom. The zero-order valence-electron chi connectivity index (χ0n) is 15.0. The van der Waals surface area contributed by atoms with Crippen LogP contribution in [-0.4, -0.2) is 54.9 Å². The van der Waals surface area contributed by atoms with Gasteiger partial charge < -0.3 is 14.5 Å². The quantitative estimate of drug-likeness (QED) is 0.783.